The Hall–Kier alpha value is -2.62. The van der Waals surface area contributed by atoms with Gasteiger partial charge in [0, 0.05) is 11.9 Å². The first-order valence-corrected chi connectivity index (χ1v) is 6.06. The summed E-state index contributed by atoms with van der Waals surface area (Å²) in [6, 6.07) is 15.1. The van der Waals surface area contributed by atoms with Gasteiger partial charge in [-0.25, -0.2) is 4.98 Å². The summed E-state index contributed by atoms with van der Waals surface area (Å²) in [4.78, 5) is 16.6. The molecule has 1 amide bonds. The lowest BCUT2D eigenvalue weighted by Gasteiger charge is -2.02. The van der Waals surface area contributed by atoms with Gasteiger partial charge in [0.2, 0.25) is 0 Å². The molecule has 0 saturated heterocycles. The Balaban J connectivity index is 1.98. The average Bonchev–Trinajstić information content (AvgIpc) is 2.78. The van der Waals surface area contributed by atoms with Gasteiger partial charge in [-0.1, -0.05) is 24.3 Å². The molecule has 4 nitrogen and oxygen atoms in total. The van der Waals surface area contributed by atoms with Gasteiger partial charge in [0.05, 0.1) is 5.52 Å². The van der Waals surface area contributed by atoms with Crippen LogP contribution in [-0.4, -0.2) is 15.3 Å². The molecule has 4 heteroatoms. The molecule has 3 rings (SSSR count). The van der Waals surface area contributed by atoms with Crippen LogP contribution in [0.4, 0.5) is 5.69 Å². The number of nitrogens with zero attached hydrogens (tertiary/aromatic N) is 2. The molecule has 0 radical (unpaired) electrons. The first kappa shape index (κ1) is 11.5. The van der Waals surface area contributed by atoms with Crippen molar-refractivity contribution in [3.8, 4) is 0 Å². The summed E-state index contributed by atoms with van der Waals surface area (Å²) in [5.41, 5.74) is 2.03. The highest BCUT2D eigenvalue weighted by atomic mass is 16.1. The van der Waals surface area contributed by atoms with Crippen LogP contribution in [0.15, 0.2) is 54.7 Å². The van der Waals surface area contributed by atoms with Crippen molar-refractivity contribution in [2.45, 2.75) is 6.92 Å². The molecule has 3 aromatic rings. The van der Waals surface area contributed by atoms with E-state index in [2.05, 4.69) is 10.3 Å². The van der Waals surface area contributed by atoms with E-state index in [1.807, 2.05) is 66.1 Å². The Morgan fingerprint density at radius 3 is 2.63 bits per heavy atom. The smallest absolute Gasteiger partial charge is 0.276 e. The standard InChI is InChI=1S/C15H13N3O/c1-11-16-14(13-9-5-6-10-18(11)13)15(19)17-12-7-3-2-4-8-12/h2-10H,1H3,(H,17,19). The maximum Gasteiger partial charge on any atom is 0.276 e. The lowest BCUT2D eigenvalue weighted by molar-refractivity contribution is 0.102. The number of amides is 1. The van der Waals surface area contributed by atoms with E-state index in [9.17, 15) is 4.79 Å². The van der Waals surface area contributed by atoms with E-state index >= 15 is 0 Å². The van der Waals surface area contributed by atoms with Crippen LogP contribution in [0, 0.1) is 6.92 Å². The van der Waals surface area contributed by atoms with Gasteiger partial charge in [-0.2, -0.15) is 0 Å². The number of rotatable bonds is 2. The predicted molar refractivity (Wildman–Crippen MR) is 74.3 cm³/mol. The van der Waals surface area contributed by atoms with Crippen LogP contribution in [0.2, 0.25) is 0 Å². The molecule has 0 aliphatic rings. The molecule has 94 valence electrons. The Bertz CT molecular complexity index is 731. The number of benzene rings is 1. The number of carbonyl (C=O) groups excluding carboxylic acids is 1. The molecular weight excluding hydrogens is 238 g/mol. The van der Waals surface area contributed by atoms with Crippen LogP contribution in [0.1, 0.15) is 16.3 Å². The average molecular weight is 251 g/mol. The van der Waals surface area contributed by atoms with Crippen molar-refractivity contribution in [3.63, 3.8) is 0 Å². The van der Waals surface area contributed by atoms with E-state index in [0.717, 1.165) is 17.0 Å². The number of pyridine rings is 1. The van der Waals surface area contributed by atoms with E-state index < -0.39 is 0 Å². The fourth-order valence-electron chi connectivity index (χ4n) is 2.07. The molecular formula is C15H13N3O. The number of hydrogen-bond acceptors (Lipinski definition) is 2. The van der Waals surface area contributed by atoms with E-state index in [-0.39, 0.29) is 5.91 Å². The Labute approximate surface area is 110 Å². The van der Waals surface area contributed by atoms with Gasteiger partial charge in [-0.05, 0) is 31.2 Å². The molecule has 1 N–H and O–H groups in total. The fourth-order valence-corrected chi connectivity index (χ4v) is 2.07. The molecule has 1 aromatic carbocycles. The second-order valence-corrected chi connectivity index (χ2v) is 4.28. The number of fused-ring (bicyclic) bond motifs is 1. The SMILES string of the molecule is Cc1nc(C(=O)Nc2ccccc2)c2ccccn12. The number of carbonyl (C=O) groups is 1. The summed E-state index contributed by atoms with van der Waals surface area (Å²) in [6.07, 6.45) is 1.90. The lowest BCUT2D eigenvalue weighted by Crippen LogP contribution is -2.12. The third-order valence-corrected chi connectivity index (χ3v) is 2.97. The molecule has 0 spiro atoms. The Morgan fingerprint density at radius 2 is 1.84 bits per heavy atom. The van der Waals surface area contributed by atoms with Crippen LogP contribution in [0.3, 0.4) is 0 Å². The van der Waals surface area contributed by atoms with Crippen molar-refractivity contribution in [2.75, 3.05) is 5.32 Å². The molecule has 0 unspecified atom stereocenters. The van der Waals surface area contributed by atoms with Crippen LogP contribution in [0.5, 0.6) is 0 Å². The van der Waals surface area contributed by atoms with E-state index in [0.29, 0.717) is 5.69 Å². The molecule has 0 fully saturated rings. The first-order valence-electron chi connectivity index (χ1n) is 6.06. The molecule has 19 heavy (non-hydrogen) atoms. The molecule has 0 saturated carbocycles. The zero-order valence-electron chi connectivity index (χ0n) is 10.5. The van der Waals surface area contributed by atoms with Crippen LogP contribution in [-0.2, 0) is 0 Å². The van der Waals surface area contributed by atoms with Gasteiger partial charge >= 0.3 is 0 Å². The molecule has 0 bridgehead atoms. The molecule has 2 aromatic heterocycles. The van der Waals surface area contributed by atoms with Crippen molar-refractivity contribution in [3.05, 3.63) is 66.2 Å². The molecule has 0 aliphatic heterocycles. The number of hydrogen-bond donors (Lipinski definition) is 1. The molecule has 2 heterocycles. The normalized spacial score (nSPS) is 10.6. The minimum Gasteiger partial charge on any atom is -0.321 e. The number of anilines is 1. The van der Waals surface area contributed by atoms with Crippen molar-refractivity contribution in [2.24, 2.45) is 0 Å². The minimum absolute atomic E-state index is 0.192. The van der Waals surface area contributed by atoms with Gasteiger partial charge in [0.1, 0.15) is 5.82 Å². The molecule has 0 atom stereocenters. The summed E-state index contributed by atoms with van der Waals surface area (Å²) in [5.74, 6) is 0.608. The van der Waals surface area contributed by atoms with Crippen LogP contribution < -0.4 is 5.32 Å². The lowest BCUT2D eigenvalue weighted by atomic mass is 10.3. The zero-order valence-corrected chi connectivity index (χ0v) is 10.5. The van der Waals surface area contributed by atoms with Crippen LogP contribution >= 0.6 is 0 Å². The number of aromatic nitrogens is 2. The monoisotopic (exact) mass is 251 g/mol. The molecule has 0 aliphatic carbocycles. The Morgan fingerprint density at radius 1 is 1.11 bits per heavy atom. The van der Waals surface area contributed by atoms with Crippen LogP contribution in [0.25, 0.3) is 5.52 Å². The van der Waals surface area contributed by atoms with Gasteiger partial charge in [-0.15, -0.1) is 0 Å². The number of aryl methyl sites for hydroxylation is 1. The van der Waals surface area contributed by atoms with E-state index in [4.69, 9.17) is 0 Å². The topological polar surface area (TPSA) is 46.4 Å². The van der Waals surface area contributed by atoms with Crippen molar-refractivity contribution >= 4 is 17.1 Å². The van der Waals surface area contributed by atoms with Crippen molar-refractivity contribution in [1.29, 1.82) is 0 Å². The van der Waals surface area contributed by atoms with E-state index in [1.54, 1.807) is 0 Å². The summed E-state index contributed by atoms with van der Waals surface area (Å²) in [5, 5.41) is 2.85. The third kappa shape index (κ3) is 2.08. The highest BCUT2D eigenvalue weighted by molar-refractivity contribution is 6.07. The van der Waals surface area contributed by atoms with Crippen molar-refractivity contribution in [1.82, 2.24) is 9.38 Å². The zero-order chi connectivity index (χ0) is 13.2. The maximum absolute atomic E-state index is 12.3. The number of imidazole rings is 1. The second-order valence-electron chi connectivity index (χ2n) is 4.28. The third-order valence-electron chi connectivity index (χ3n) is 2.97. The second kappa shape index (κ2) is 4.57. The van der Waals surface area contributed by atoms with Gasteiger partial charge in [-0.3, -0.25) is 4.79 Å². The largest absolute Gasteiger partial charge is 0.321 e. The van der Waals surface area contributed by atoms with E-state index in [1.165, 1.54) is 0 Å². The minimum atomic E-state index is -0.192. The highest BCUT2D eigenvalue weighted by Crippen LogP contribution is 2.14. The van der Waals surface area contributed by atoms with Gasteiger partial charge in [0.15, 0.2) is 5.69 Å². The van der Waals surface area contributed by atoms with Gasteiger partial charge in [0.25, 0.3) is 5.91 Å². The number of nitrogens with one attached hydrogen (secondary N) is 1. The van der Waals surface area contributed by atoms with Crippen molar-refractivity contribution < 1.29 is 4.79 Å². The summed E-state index contributed by atoms with van der Waals surface area (Å²) in [6.45, 7) is 1.88. The quantitative estimate of drug-likeness (QED) is 0.761. The maximum atomic E-state index is 12.3. The summed E-state index contributed by atoms with van der Waals surface area (Å²) < 4.78 is 1.90. The fraction of sp³-hybridized carbons (Fsp3) is 0.0667. The predicted octanol–water partition coefficient (Wildman–Crippen LogP) is 2.90. The van der Waals surface area contributed by atoms with Gasteiger partial charge < -0.3 is 9.72 Å². The summed E-state index contributed by atoms with van der Waals surface area (Å²) in [7, 11) is 0. The Kier molecular flexibility index (Phi) is 2.76. The summed E-state index contributed by atoms with van der Waals surface area (Å²) >= 11 is 0. The number of para-hydroxylation sites is 1. The first-order chi connectivity index (χ1) is 9.25. The highest BCUT2D eigenvalue weighted by Gasteiger charge is 2.15.